The predicted octanol–water partition coefficient (Wildman–Crippen LogP) is 2.03. The van der Waals surface area contributed by atoms with E-state index in [1.54, 1.807) is 11.4 Å². The van der Waals surface area contributed by atoms with Gasteiger partial charge in [-0.3, -0.25) is 4.90 Å². The Morgan fingerprint density at radius 1 is 1.39 bits per heavy atom. The lowest BCUT2D eigenvalue weighted by atomic mass is 10.1. The molecule has 2 aliphatic heterocycles. The second-order valence-electron chi connectivity index (χ2n) is 4.82. The van der Waals surface area contributed by atoms with Gasteiger partial charge < -0.3 is 0 Å². The number of fused-ring (bicyclic) bond motifs is 1. The van der Waals surface area contributed by atoms with Gasteiger partial charge in [-0.2, -0.15) is 0 Å². The number of sulfonamides is 1. The molecule has 2 atom stereocenters. The number of rotatable bonds is 3. The maximum atomic E-state index is 12.3. The van der Waals surface area contributed by atoms with E-state index in [9.17, 15) is 8.42 Å². The van der Waals surface area contributed by atoms with Gasteiger partial charge in [0.15, 0.2) is 0 Å². The molecule has 1 aromatic rings. The number of nitrogens with one attached hydrogen (secondary N) is 1. The highest BCUT2D eigenvalue weighted by Gasteiger charge is 2.39. The first-order valence-electron chi connectivity index (χ1n) is 6.07. The van der Waals surface area contributed by atoms with Crippen LogP contribution in [0.25, 0.3) is 0 Å². The van der Waals surface area contributed by atoms with Gasteiger partial charge in [0.2, 0.25) is 0 Å². The molecule has 1 aromatic heterocycles. The van der Waals surface area contributed by atoms with Crippen molar-refractivity contribution in [2.45, 2.75) is 35.6 Å². The van der Waals surface area contributed by atoms with E-state index in [2.05, 4.69) is 25.6 Å². The Labute approximate surface area is 120 Å². The number of thiophene rings is 1. The zero-order chi connectivity index (χ0) is 12.8. The standard InChI is InChI=1S/C11H15BrN2O2S2/c12-8-4-7-17-11(8)18(15,16)13-9-3-6-14-5-1-2-10(9)14/h4,7,9-10,13H,1-3,5-6H2. The zero-order valence-electron chi connectivity index (χ0n) is 9.80. The molecule has 2 unspecified atom stereocenters. The smallest absolute Gasteiger partial charge is 0.251 e. The molecule has 0 bridgehead atoms. The van der Waals surface area contributed by atoms with Crippen molar-refractivity contribution in [3.8, 4) is 0 Å². The van der Waals surface area contributed by atoms with Gasteiger partial charge in [0.1, 0.15) is 4.21 Å². The van der Waals surface area contributed by atoms with Crippen molar-refractivity contribution >= 4 is 37.3 Å². The molecular formula is C11H15BrN2O2S2. The van der Waals surface area contributed by atoms with Crippen LogP contribution in [-0.2, 0) is 10.0 Å². The second kappa shape index (κ2) is 4.86. The normalized spacial score (nSPS) is 28.7. The first-order chi connectivity index (χ1) is 8.58. The van der Waals surface area contributed by atoms with E-state index < -0.39 is 10.0 Å². The topological polar surface area (TPSA) is 49.4 Å². The van der Waals surface area contributed by atoms with Crippen LogP contribution < -0.4 is 4.72 Å². The summed E-state index contributed by atoms with van der Waals surface area (Å²) in [5.74, 6) is 0. The van der Waals surface area contributed by atoms with E-state index in [0.717, 1.165) is 25.9 Å². The van der Waals surface area contributed by atoms with Crippen LogP contribution in [0.2, 0.25) is 0 Å². The number of halogens is 1. The van der Waals surface area contributed by atoms with Gasteiger partial charge in [-0.25, -0.2) is 13.1 Å². The van der Waals surface area contributed by atoms with Crippen LogP contribution in [-0.4, -0.2) is 38.5 Å². The molecule has 0 radical (unpaired) electrons. The Kier molecular flexibility index (Phi) is 3.53. The Bertz CT molecular complexity index is 543. The molecule has 3 rings (SSSR count). The fourth-order valence-electron chi connectivity index (χ4n) is 2.94. The van der Waals surface area contributed by atoms with Crippen LogP contribution >= 0.6 is 27.3 Å². The first kappa shape index (κ1) is 13.1. The fraction of sp³-hybridized carbons (Fsp3) is 0.636. The van der Waals surface area contributed by atoms with Gasteiger partial charge in [0.05, 0.1) is 0 Å². The minimum atomic E-state index is -3.37. The summed E-state index contributed by atoms with van der Waals surface area (Å²) >= 11 is 4.54. The van der Waals surface area contributed by atoms with E-state index in [-0.39, 0.29) is 6.04 Å². The summed E-state index contributed by atoms with van der Waals surface area (Å²) in [6.45, 7) is 2.13. The molecule has 0 spiro atoms. The van der Waals surface area contributed by atoms with Gasteiger partial charge in [-0.15, -0.1) is 11.3 Å². The van der Waals surface area contributed by atoms with E-state index in [1.165, 1.54) is 17.8 Å². The third kappa shape index (κ3) is 2.27. The molecule has 2 aliphatic rings. The minimum absolute atomic E-state index is 0.0755. The monoisotopic (exact) mass is 350 g/mol. The van der Waals surface area contributed by atoms with Crippen molar-refractivity contribution < 1.29 is 8.42 Å². The molecule has 2 fully saturated rings. The SMILES string of the molecule is O=S(=O)(NC1CCN2CCCC12)c1sccc1Br. The summed E-state index contributed by atoms with van der Waals surface area (Å²) < 4.78 is 28.5. The molecule has 4 nitrogen and oxygen atoms in total. The van der Waals surface area contributed by atoms with E-state index >= 15 is 0 Å². The molecule has 3 heterocycles. The summed E-state index contributed by atoms with van der Waals surface area (Å²) in [4.78, 5) is 2.40. The lowest BCUT2D eigenvalue weighted by molar-refractivity contribution is 0.309. The molecular weight excluding hydrogens is 336 g/mol. The van der Waals surface area contributed by atoms with Crippen molar-refractivity contribution in [2.24, 2.45) is 0 Å². The van der Waals surface area contributed by atoms with Gasteiger partial charge in [0, 0.05) is 23.1 Å². The van der Waals surface area contributed by atoms with Crippen molar-refractivity contribution in [3.05, 3.63) is 15.9 Å². The summed E-state index contributed by atoms with van der Waals surface area (Å²) in [6, 6.07) is 2.25. The third-order valence-corrected chi connectivity index (χ3v) is 7.90. The number of hydrogen-bond donors (Lipinski definition) is 1. The van der Waals surface area contributed by atoms with Gasteiger partial charge in [-0.1, -0.05) is 0 Å². The van der Waals surface area contributed by atoms with Crippen molar-refractivity contribution in [2.75, 3.05) is 13.1 Å². The maximum Gasteiger partial charge on any atom is 0.251 e. The Morgan fingerprint density at radius 3 is 2.94 bits per heavy atom. The highest BCUT2D eigenvalue weighted by molar-refractivity contribution is 9.10. The average molecular weight is 351 g/mol. The summed E-state index contributed by atoms with van der Waals surface area (Å²) in [5.41, 5.74) is 0. The van der Waals surface area contributed by atoms with Gasteiger partial charge in [0.25, 0.3) is 10.0 Å². The molecule has 0 aromatic carbocycles. The molecule has 0 saturated carbocycles. The summed E-state index contributed by atoms with van der Waals surface area (Å²) in [7, 11) is -3.37. The van der Waals surface area contributed by atoms with Gasteiger partial charge in [-0.05, 0) is 53.2 Å². The van der Waals surface area contributed by atoms with Gasteiger partial charge >= 0.3 is 0 Å². The highest BCUT2D eigenvalue weighted by Crippen LogP contribution is 2.31. The lowest BCUT2D eigenvalue weighted by Gasteiger charge is -2.20. The minimum Gasteiger partial charge on any atom is -0.299 e. The van der Waals surface area contributed by atoms with Crippen LogP contribution in [0.4, 0.5) is 0 Å². The molecule has 0 aliphatic carbocycles. The van der Waals surface area contributed by atoms with Crippen molar-refractivity contribution in [1.29, 1.82) is 0 Å². The van der Waals surface area contributed by atoms with Crippen LogP contribution in [0.15, 0.2) is 20.1 Å². The Morgan fingerprint density at radius 2 is 2.22 bits per heavy atom. The third-order valence-electron chi connectivity index (χ3n) is 3.74. The summed E-state index contributed by atoms with van der Waals surface area (Å²) in [6.07, 6.45) is 3.22. The fourth-order valence-corrected chi connectivity index (χ4v) is 6.60. The van der Waals surface area contributed by atoms with Crippen LogP contribution in [0.3, 0.4) is 0 Å². The van der Waals surface area contributed by atoms with E-state index in [1.807, 2.05) is 0 Å². The van der Waals surface area contributed by atoms with E-state index in [4.69, 9.17) is 0 Å². The zero-order valence-corrected chi connectivity index (χ0v) is 13.0. The number of nitrogens with zero attached hydrogens (tertiary/aromatic N) is 1. The molecule has 2 saturated heterocycles. The molecule has 18 heavy (non-hydrogen) atoms. The molecule has 0 amide bonds. The van der Waals surface area contributed by atoms with E-state index in [0.29, 0.717) is 14.7 Å². The molecule has 7 heteroatoms. The molecule has 1 N–H and O–H groups in total. The largest absolute Gasteiger partial charge is 0.299 e. The average Bonchev–Trinajstić information content (AvgIpc) is 2.96. The van der Waals surface area contributed by atoms with Crippen LogP contribution in [0, 0.1) is 0 Å². The van der Waals surface area contributed by atoms with Crippen LogP contribution in [0.5, 0.6) is 0 Å². The second-order valence-corrected chi connectivity index (χ2v) is 8.50. The molecule has 100 valence electrons. The highest BCUT2D eigenvalue weighted by atomic mass is 79.9. The maximum absolute atomic E-state index is 12.3. The summed E-state index contributed by atoms with van der Waals surface area (Å²) in [5, 5.41) is 1.79. The van der Waals surface area contributed by atoms with Crippen LogP contribution in [0.1, 0.15) is 19.3 Å². The number of hydrogen-bond acceptors (Lipinski definition) is 4. The lowest BCUT2D eigenvalue weighted by Crippen LogP contribution is -2.42. The Balaban J connectivity index is 1.79. The van der Waals surface area contributed by atoms with Crippen molar-refractivity contribution in [1.82, 2.24) is 9.62 Å². The first-order valence-corrected chi connectivity index (χ1v) is 9.23. The predicted molar refractivity (Wildman–Crippen MR) is 75.3 cm³/mol. The quantitative estimate of drug-likeness (QED) is 0.907. The van der Waals surface area contributed by atoms with Crippen molar-refractivity contribution in [3.63, 3.8) is 0 Å². The Hall–Kier alpha value is 0.0500.